The van der Waals surface area contributed by atoms with Crippen LogP contribution in [0.1, 0.15) is 24.5 Å². The van der Waals surface area contributed by atoms with Gasteiger partial charge in [-0.05, 0) is 24.1 Å². The summed E-state index contributed by atoms with van der Waals surface area (Å²) in [5, 5.41) is 8.65. The summed E-state index contributed by atoms with van der Waals surface area (Å²) in [5.41, 5.74) is 1.39. The van der Waals surface area contributed by atoms with E-state index in [2.05, 4.69) is 0 Å². The Bertz CT molecular complexity index is 429. The zero-order chi connectivity index (χ0) is 15.2. The first-order valence-electron chi connectivity index (χ1n) is 6.39. The molecule has 0 heterocycles. The molecule has 0 aliphatic heterocycles. The molecule has 1 rings (SSSR count). The maximum absolute atomic E-state index is 12.4. The Morgan fingerprint density at radius 2 is 1.75 bits per heavy atom. The summed E-state index contributed by atoms with van der Waals surface area (Å²) in [6, 6.07) is 6.64. The molecular formula is C14H18F3NO2. The van der Waals surface area contributed by atoms with Crippen LogP contribution in [0.3, 0.4) is 0 Å². The highest BCUT2D eigenvalue weighted by Crippen LogP contribution is 2.18. The predicted molar refractivity (Wildman–Crippen MR) is 69.4 cm³/mol. The Kier molecular flexibility index (Phi) is 6.01. The van der Waals surface area contributed by atoms with Crippen LogP contribution in [0.4, 0.5) is 13.2 Å². The van der Waals surface area contributed by atoms with Crippen molar-refractivity contribution in [3.8, 4) is 0 Å². The third-order valence-electron chi connectivity index (χ3n) is 2.73. The minimum absolute atomic E-state index is 0.0818. The SMILES string of the molecule is CCCN(Cc1ccc(CC(=O)O)cc1)CC(F)(F)F. The third-order valence-corrected chi connectivity index (χ3v) is 2.73. The molecule has 0 fully saturated rings. The number of alkyl halides is 3. The third kappa shape index (κ3) is 6.56. The minimum atomic E-state index is -4.21. The van der Waals surface area contributed by atoms with Gasteiger partial charge in [-0.15, -0.1) is 0 Å². The summed E-state index contributed by atoms with van der Waals surface area (Å²) < 4.78 is 37.3. The van der Waals surface area contributed by atoms with Gasteiger partial charge in [0.15, 0.2) is 0 Å². The van der Waals surface area contributed by atoms with Gasteiger partial charge >= 0.3 is 12.1 Å². The van der Waals surface area contributed by atoms with Crippen molar-refractivity contribution in [2.45, 2.75) is 32.5 Å². The van der Waals surface area contributed by atoms with Crippen molar-refractivity contribution < 1.29 is 23.1 Å². The van der Waals surface area contributed by atoms with Crippen LogP contribution in [-0.2, 0) is 17.8 Å². The number of rotatable bonds is 7. The molecular weight excluding hydrogens is 271 g/mol. The zero-order valence-corrected chi connectivity index (χ0v) is 11.3. The van der Waals surface area contributed by atoms with E-state index < -0.39 is 18.7 Å². The van der Waals surface area contributed by atoms with Gasteiger partial charge in [-0.25, -0.2) is 0 Å². The van der Waals surface area contributed by atoms with Gasteiger partial charge < -0.3 is 5.11 Å². The number of carboxylic acid groups (broad SMARTS) is 1. The lowest BCUT2D eigenvalue weighted by Gasteiger charge is -2.23. The first-order valence-corrected chi connectivity index (χ1v) is 6.39. The van der Waals surface area contributed by atoms with Gasteiger partial charge in [0.2, 0.25) is 0 Å². The minimum Gasteiger partial charge on any atom is -0.481 e. The normalized spacial score (nSPS) is 11.8. The number of aliphatic carboxylic acids is 1. The van der Waals surface area contributed by atoms with Crippen molar-refractivity contribution in [3.05, 3.63) is 35.4 Å². The van der Waals surface area contributed by atoms with E-state index in [4.69, 9.17) is 5.11 Å². The molecule has 3 nitrogen and oxygen atoms in total. The molecule has 0 saturated heterocycles. The highest BCUT2D eigenvalue weighted by atomic mass is 19.4. The monoisotopic (exact) mass is 289 g/mol. The molecule has 6 heteroatoms. The molecule has 20 heavy (non-hydrogen) atoms. The second-order valence-corrected chi connectivity index (χ2v) is 4.71. The summed E-state index contributed by atoms with van der Waals surface area (Å²) in [6.07, 6.45) is -3.65. The van der Waals surface area contributed by atoms with Crippen molar-refractivity contribution in [1.29, 1.82) is 0 Å². The summed E-state index contributed by atoms with van der Waals surface area (Å²) in [5.74, 6) is -0.928. The van der Waals surface area contributed by atoms with Crippen LogP contribution in [0.5, 0.6) is 0 Å². The van der Waals surface area contributed by atoms with Crippen molar-refractivity contribution in [3.63, 3.8) is 0 Å². The quantitative estimate of drug-likeness (QED) is 0.838. The van der Waals surface area contributed by atoms with Gasteiger partial charge in [-0.3, -0.25) is 9.69 Å². The lowest BCUT2D eigenvalue weighted by molar-refractivity contribution is -0.147. The molecule has 112 valence electrons. The van der Waals surface area contributed by atoms with Gasteiger partial charge in [0.25, 0.3) is 0 Å². The molecule has 1 aromatic rings. The highest BCUT2D eigenvalue weighted by molar-refractivity contribution is 5.70. The molecule has 0 unspecified atom stereocenters. The number of nitrogens with zero attached hydrogens (tertiary/aromatic N) is 1. The van der Waals surface area contributed by atoms with Gasteiger partial charge in [-0.1, -0.05) is 31.2 Å². The first kappa shape index (κ1) is 16.5. The maximum atomic E-state index is 12.4. The second-order valence-electron chi connectivity index (χ2n) is 4.71. The first-order chi connectivity index (χ1) is 9.30. The summed E-state index contributed by atoms with van der Waals surface area (Å²) in [4.78, 5) is 11.9. The van der Waals surface area contributed by atoms with Crippen molar-refractivity contribution in [2.24, 2.45) is 0 Å². The molecule has 0 aromatic heterocycles. The van der Waals surface area contributed by atoms with Crippen LogP contribution in [0.15, 0.2) is 24.3 Å². The van der Waals surface area contributed by atoms with E-state index in [1.165, 1.54) is 4.90 Å². The molecule has 1 N–H and O–H groups in total. The van der Waals surface area contributed by atoms with Gasteiger partial charge in [0, 0.05) is 6.54 Å². The molecule has 0 aliphatic carbocycles. The van der Waals surface area contributed by atoms with E-state index in [1.54, 1.807) is 24.3 Å². The fourth-order valence-electron chi connectivity index (χ4n) is 1.98. The van der Waals surface area contributed by atoms with Crippen molar-refractivity contribution >= 4 is 5.97 Å². The van der Waals surface area contributed by atoms with Crippen molar-refractivity contribution in [2.75, 3.05) is 13.1 Å². The summed E-state index contributed by atoms with van der Waals surface area (Å²) in [7, 11) is 0. The molecule has 0 radical (unpaired) electrons. The highest BCUT2D eigenvalue weighted by Gasteiger charge is 2.30. The lowest BCUT2D eigenvalue weighted by atomic mass is 10.1. The van der Waals surface area contributed by atoms with E-state index in [-0.39, 0.29) is 13.0 Å². The largest absolute Gasteiger partial charge is 0.481 e. The van der Waals surface area contributed by atoms with Gasteiger partial charge in [-0.2, -0.15) is 13.2 Å². The Morgan fingerprint density at radius 3 is 2.20 bits per heavy atom. The topological polar surface area (TPSA) is 40.5 Å². The fourth-order valence-corrected chi connectivity index (χ4v) is 1.98. The molecule has 0 aliphatic rings. The average molecular weight is 289 g/mol. The summed E-state index contributed by atoms with van der Waals surface area (Å²) >= 11 is 0. The number of halogens is 3. The molecule has 1 aromatic carbocycles. The smallest absolute Gasteiger partial charge is 0.401 e. The number of carbonyl (C=O) groups is 1. The van der Waals surface area contributed by atoms with Crippen LogP contribution in [-0.4, -0.2) is 35.2 Å². The Labute approximate surface area is 116 Å². The van der Waals surface area contributed by atoms with Gasteiger partial charge in [0.05, 0.1) is 13.0 Å². The van der Waals surface area contributed by atoms with E-state index in [9.17, 15) is 18.0 Å². The Morgan fingerprint density at radius 1 is 1.20 bits per heavy atom. The van der Waals surface area contributed by atoms with E-state index in [0.717, 1.165) is 5.56 Å². The zero-order valence-electron chi connectivity index (χ0n) is 11.3. The van der Waals surface area contributed by atoms with Crippen molar-refractivity contribution in [1.82, 2.24) is 4.90 Å². The molecule has 0 amide bonds. The molecule has 0 bridgehead atoms. The van der Waals surface area contributed by atoms with E-state index in [0.29, 0.717) is 18.5 Å². The fraction of sp³-hybridized carbons (Fsp3) is 0.500. The maximum Gasteiger partial charge on any atom is 0.401 e. The molecule has 0 atom stereocenters. The van der Waals surface area contributed by atoms with E-state index >= 15 is 0 Å². The Balaban J connectivity index is 2.66. The standard InChI is InChI=1S/C14H18F3NO2/c1-2-7-18(10-14(15,16)17)9-12-5-3-11(4-6-12)8-13(19)20/h3-6H,2,7-10H2,1H3,(H,19,20). The molecule has 0 spiro atoms. The number of carboxylic acids is 1. The molecule has 0 saturated carbocycles. The van der Waals surface area contributed by atoms with Gasteiger partial charge in [0.1, 0.15) is 0 Å². The van der Waals surface area contributed by atoms with E-state index in [1.807, 2.05) is 6.92 Å². The van der Waals surface area contributed by atoms with Crippen LogP contribution in [0.25, 0.3) is 0 Å². The number of hydrogen-bond acceptors (Lipinski definition) is 2. The van der Waals surface area contributed by atoms with Crippen LogP contribution in [0.2, 0.25) is 0 Å². The second kappa shape index (κ2) is 7.28. The van der Waals surface area contributed by atoms with Crippen LogP contribution in [0, 0.1) is 0 Å². The Hall–Kier alpha value is -1.56. The predicted octanol–water partition coefficient (Wildman–Crippen LogP) is 3.09. The number of hydrogen-bond donors (Lipinski definition) is 1. The number of benzene rings is 1. The van der Waals surface area contributed by atoms with Crippen LogP contribution < -0.4 is 0 Å². The van der Waals surface area contributed by atoms with Crippen LogP contribution >= 0.6 is 0 Å². The summed E-state index contributed by atoms with van der Waals surface area (Å²) in [6.45, 7) is 1.48. The average Bonchev–Trinajstić information content (AvgIpc) is 2.29. The lowest BCUT2D eigenvalue weighted by Crippen LogP contribution is -2.34.